The van der Waals surface area contributed by atoms with Crippen LogP contribution in [0.15, 0.2) is 18.2 Å². The summed E-state index contributed by atoms with van der Waals surface area (Å²) in [6, 6.07) is 4.77. The van der Waals surface area contributed by atoms with Crippen molar-refractivity contribution in [2.75, 3.05) is 12.8 Å². The number of rotatable bonds is 4. The van der Waals surface area contributed by atoms with Crippen molar-refractivity contribution < 1.29 is 12.8 Å². The van der Waals surface area contributed by atoms with Gasteiger partial charge in [0.2, 0.25) is 10.0 Å². The van der Waals surface area contributed by atoms with Crippen LogP contribution in [0.4, 0.5) is 4.39 Å². The lowest BCUT2D eigenvalue weighted by Crippen LogP contribution is -2.24. The van der Waals surface area contributed by atoms with E-state index in [9.17, 15) is 12.8 Å². The lowest BCUT2D eigenvalue weighted by Gasteiger charge is -2.04. The van der Waals surface area contributed by atoms with Crippen LogP contribution in [0.5, 0.6) is 0 Å². The summed E-state index contributed by atoms with van der Waals surface area (Å²) in [7, 11) is -3.14. The molecule has 0 amide bonds. The van der Waals surface area contributed by atoms with Gasteiger partial charge in [-0.2, -0.15) is 0 Å². The van der Waals surface area contributed by atoms with E-state index < -0.39 is 10.0 Å². The van der Waals surface area contributed by atoms with Gasteiger partial charge >= 0.3 is 0 Å². The molecule has 0 heterocycles. The van der Waals surface area contributed by atoms with E-state index in [2.05, 4.69) is 4.72 Å². The van der Waals surface area contributed by atoms with Gasteiger partial charge in [0.1, 0.15) is 5.82 Å². The van der Waals surface area contributed by atoms with Crippen molar-refractivity contribution in [1.82, 2.24) is 4.72 Å². The van der Waals surface area contributed by atoms with Crippen molar-refractivity contribution >= 4 is 10.0 Å². The molecule has 0 aliphatic carbocycles. The Morgan fingerprint density at radius 3 is 2.60 bits per heavy atom. The van der Waals surface area contributed by atoms with E-state index in [4.69, 9.17) is 0 Å². The minimum absolute atomic E-state index is 0.241. The zero-order valence-corrected chi connectivity index (χ0v) is 9.57. The summed E-state index contributed by atoms with van der Waals surface area (Å²) in [5.74, 6) is -0.241. The van der Waals surface area contributed by atoms with Crippen molar-refractivity contribution in [2.45, 2.75) is 13.3 Å². The van der Waals surface area contributed by atoms with Crippen LogP contribution in [0.3, 0.4) is 0 Å². The molecule has 3 nitrogen and oxygen atoms in total. The molecular formula is C10H14FNO2S. The van der Waals surface area contributed by atoms with Crippen LogP contribution in [0.2, 0.25) is 0 Å². The molecule has 1 N–H and O–H groups in total. The number of halogens is 1. The third-order valence-electron chi connectivity index (χ3n) is 2.00. The molecule has 1 aromatic rings. The van der Waals surface area contributed by atoms with Gasteiger partial charge in [-0.3, -0.25) is 0 Å². The first-order valence-corrected chi connectivity index (χ1v) is 6.47. The Morgan fingerprint density at radius 2 is 2.07 bits per heavy atom. The SMILES string of the molecule is Cc1cc(CCNS(C)(=O)=O)ccc1F. The molecule has 0 aliphatic rings. The fourth-order valence-corrected chi connectivity index (χ4v) is 1.72. The first kappa shape index (κ1) is 12.1. The molecule has 1 rings (SSSR count). The van der Waals surface area contributed by atoms with Crippen LogP contribution in [0, 0.1) is 12.7 Å². The Labute approximate surface area is 89.4 Å². The highest BCUT2D eigenvalue weighted by molar-refractivity contribution is 7.88. The lowest BCUT2D eigenvalue weighted by atomic mass is 10.1. The Hall–Kier alpha value is -0.940. The molecule has 0 spiro atoms. The van der Waals surface area contributed by atoms with Crippen molar-refractivity contribution in [2.24, 2.45) is 0 Å². The molecule has 0 fully saturated rings. The largest absolute Gasteiger partial charge is 0.215 e. The van der Waals surface area contributed by atoms with Gasteiger partial charge in [-0.05, 0) is 30.5 Å². The third kappa shape index (κ3) is 4.40. The maximum absolute atomic E-state index is 12.9. The average molecular weight is 231 g/mol. The average Bonchev–Trinajstić information content (AvgIpc) is 2.09. The second-order valence-electron chi connectivity index (χ2n) is 3.50. The maximum atomic E-state index is 12.9. The summed E-state index contributed by atoms with van der Waals surface area (Å²) in [5, 5.41) is 0. The van der Waals surface area contributed by atoms with Crippen molar-refractivity contribution in [3.8, 4) is 0 Å². The summed E-state index contributed by atoms with van der Waals surface area (Å²) >= 11 is 0. The standard InChI is InChI=1S/C10H14FNO2S/c1-8-7-9(3-4-10(8)11)5-6-12-15(2,13)14/h3-4,7,12H,5-6H2,1-2H3. The van der Waals surface area contributed by atoms with Crippen LogP contribution in [0.1, 0.15) is 11.1 Å². The second kappa shape index (κ2) is 4.72. The molecule has 1 aromatic carbocycles. The Bertz CT molecular complexity index is 443. The highest BCUT2D eigenvalue weighted by Gasteiger charge is 2.02. The van der Waals surface area contributed by atoms with E-state index in [1.807, 2.05) is 0 Å². The molecule has 15 heavy (non-hydrogen) atoms. The number of hydrogen-bond acceptors (Lipinski definition) is 2. The van der Waals surface area contributed by atoms with Gasteiger partial charge in [0, 0.05) is 6.54 Å². The Balaban J connectivity index is 2.55. The second-order valence-corrected chi connectivity index (χ2v) is 5.33. The normalized spacial score (nSPS) is 11.7. The molecule has 0 bridgehead atoms. The minimum atomic E-state index is -3.14. The Kier molecular flexibility index (Phi) is 3.82. The summed E-state index contributed by atoms with van der Waals surface area (Å²) in [6.45, 7) is 2.02. The molecule has 0 unspecified atom stereocenters. The van der Waals surface area contributed by atoms with E-state index in [1.165, 1.54) is 6.07 Å². The summed E-state index contributed by atoms with van der Waals surface area (Å²) in [6.07, 6.45) is 1.68. The molecule has 0 atom stereocenters. The number of benzene rings is 1. The molecule has 0 aromatic heterocycles. The van der Waals surface area contributed by atoms with Gasteiger partial charge in [0.25, 0.3) is 0 Å². The summed E-state index contributed by atoms with van der Waals surface area (Å²) < 4.78 is 36.8. The van der Waals surface area contributed by atoms with Gasteiger partial charge < -0.3 is 0 Å². The third-order valence-corrected chi connectivity index (χ3v) is 2.73. The van der Waals surface area contributed by atoms with Crippen LogP contribution in [-0.2, 0) is 16.4 Å². The molecule has 5 heteroatoms. The first-order valence-electron chi connectivity index (χ1n) is 4.58. The fraction of sp³-hybridized carbons (Fsp3) is 0.400. The summed E-state index contributed by atoms with van der Waals surface area (Å²) in [4.78, 5) is 0. The Morgan fingerprint density at radius 1 is 1.40 bits per heavy atom. The maximum Gasteiger partial charge on any atom is 0.208 e. The molecular weight excluding hydrogens is 217 g/mol. The van der Waals surface area contributed by atoms with Gasteiger partial charge in [-0.25, -0.2) is 17.5 Å². The quantitative estimate of drug-likeness (QED) is 0.847. The van der Waals surface area contributed by atoms with Gasteiger partial charge in [-0.15, -0.1) is 0 Å². The van der Waals surface area contributed by atoms with E-state index in [0.29, 0.717) is 18.5 Å². The lowest BCUT2D eigenvalue weighted by molar-refractivity contribution is 0.587. The smallest absolute Gasteiger partial charge is 0.208 e. The van der Waals surface area contributed by atoms with Gasteiger partial charge in [0.05, 0.1) is 6.26 Å². The highest BCUT2D eigenvalue weighted by Crippen LogP contribution is 2.09. The van der Waals surface area contributed by atoms with Crippen molar-refractivity contribution in [1.29, 1.82) is 0 Å². The first-order chi connectivity index (χ1) is 6.88. The summed E-state index contributed by atoms with van der Waals surface area (Å²) in [5.41, 5.74) is 1.50. The number of hydrogen-bond donors (Lipinski definition) is 1. The van der Waals surface area contributed by atoms with Gasteiger partial charge in [-0.1, -0.05) is 12.1 Å². The molecule has 0 saturated heterocycles. The van der Waals surface area contributed by atoms with E-state index >= 15 is 0 Å². The van der Waals surface area contributed by atoms with Crippen LogP contribution < -0.4 is 4.72 Å². The van der Waals surface area contributed by atoms with Crippen molar-refractivity contribution in [3.05, 3.63) is 35.1 Å². The van der Waals surface area contributed by atoms with E-state index in [-0.39, 0.29) is 5.82 Å². The van der Waals surface area contributed by atoms with Crippen molar-refractivity contribution in [3.63, 3.8) is 0 Å². The molecule has 0 saturated carbocycles. The molecule has 0 aliphatic heterocycles. The fourth-order valence-electron chi connectivity index (χ4n) is 1.24. The van der Waals surface area contributed by atoms with Crippen LogP contribution in [0.25, 0.3) is 0 Å². The number of sulfonamides is 1. The predicted octanol–water partition coefficient (Wildman–Crippen LogP) is 1.23. The van der Waals surface area contributed by atoms with E-state index in [1.54, 1.807) is 19.1 Å². The highest BCUT2D eigenvalue weighted by atomic mass is 32.2. The van der Waals surface area contributed by atoms with Crippen LogP contribution >= 0.6 is 0 Å². The predicted molar refractivity (Wildman–Crippen MR) is 57.7 cm³/mol. The molecule has 84 valence electrons. The zero-order valence-electron chi connectivity index (χ0n) is 8.75. The monoisotopic (exact) mass is 231 g/mol. The zero-order chi connectivity index (χ0) is 11.5. The minimum Gasteiger partial charge on any atom is -0.215 e. The number of nitrogens with one attached hydrogen (secondary N) is 1. The van der Waals surface area contributed by atoms with Gasteiger partial charge in [0.15, 0.2) is 0 Å². The van der Waals surface area contributed by atoms with E-state index in [0.717, 1.165) is 11.8 Å². The topological polar surface area (TPSA) is 46.2 Å². The number of aryl methyl sites for hydroxylation is 1. The van der Waals surface area contributed by atoms with Crippen LogP contribution in [-0.4, -0.2) is 21.2 Å². The molecule has 0 radical (unpaired) electrons.